The number of fused-ring (bicyclic) bond motifs is 1. The number of piperidine rings is 1. The van der Waals surface area contributed by atoms with Crippen LogP contribution in [0.4, 0.5) is 21.8 Å². The van der Waals surface area contributed by atoms with Gasteiger partial charge in [0, 0.05) is 37.9 Å². The number of nitrogens with zero attached hydrogens (tertiary/aromatic N) is 4. The lowest BCUT2D eigenvalue weighted by Crippen LogP contribution is -2.44. The van der Waals surface area contributed by atoms with E-state index in [1.54, 1.807) is 4.90 Å². The topological polar surface area (TPSA) is 73.4 Å². The predicted octanol–water partition coefficient (Wildman–Crippen LogP) is 2.94. The number of rotatable bonds is 5. The zero-order valence-corrected chi connectivity index (χ0v) is 17.2. The Kier molecular flexibility index (Phi) is 5.94. The van der Waals surface area contributed by atoms with Gasteiger partial charge in [-0.3, -0.25) is 4.79 Å². The van der Waals surface area contributed by atoms with Crippen LogP contribution in [0.5, 0.6) is 0 Å². The minimum atomic E-state index is -0.513. The van der Waals surface area contributed by atoms with Gasteiger partial charge in [-0.25, -0.2) is 9.37 Å². The third-order valence-electron chi connectivity index (χ3n) is 5.66. The highest BCUT2D eigenvalue weighted by Crippen LogP contribution is 2.24. The van der Waals surface area contributed by atoms with Crippen LogP contribution in [0.1, 0.15) is 24.0 Å². The Balaban J connectivity index is 1.46. The van der Waals surface area contributed by atoms with E-state index in [1.807, 2.05) is 6.07 Å². The van der Waals surface area contributed by atoms with Crippen molar-refractivity contribution in [1.29, 1.82) is 0 Å². The first-order valence-electron chi connectivity index (χ1n) is 10.3. The van der Waals surface area contributed by atoms with Crippen LogP contribution in [-0.4, -0.2) is 58.4 Å². The van der Waals surface area contributed by atoms with Crippen molar-refractivity contribution in [3.05, 3.63) is 54.0 Å². The van der Waals surface area contributed by atoms with Gasteiger partial charge in [-0.2, -0.15) is 4.98 Å². The number of benzene rings is 1. The summed E-state index contributed by atoms with van der Waals surface area (Å²) in [6, 6.07) is 6.16. The summed E-state index contributed by atoms with van der Waals surface area (Å²) in [4.78, 5) is 24.3. The molecule has 1 amide bonds. The van der Waals surface area contributed by atoms with Crippen LogP contribution in [0.15, 0.2) is 37.1 Å². The molecule has 30 heavy (non-hydrogen) atoms. The molecule has 2 N–H and O–H groups in total. The molecule has 4 rings (SSSR count). The van der Waals surface area contributed by atoms with Crippen LogP contribution in [0.3, 0.4) is 0 Å². The second-order valence-electron chi connectivity index (χ2n) is 7.96. The normalized spacial score (nSPS) is 19.1. The van der Waals surface area contributed by atoms with Crippen molar-refractivity contribution in [1.82, 2.24) is 19.8 Å². The van der Waals surface area contributed by atoms with Crippen LogP contribution >= 0.6 is 0 Å². The van der Waals surface area contributed by atoms with Crippen molar-refractivity contribution in [3.63, 3.8) is 0 Å². The number of likely N-dealkylation sites (N-methyl/N-ethyl adjacent to an activating group) is 1. The number of anilines is 3. The quantitative estimate of drug-likeness (QED) is 0.739. The summed E-state index contributed by atoms with van der Waals surface area (Å²) in [5.41, 5.74) is 3.52. The fourth-order valence-corrected chi connectivity index (χ4v) is 4.05. The Bertz CT molecular complexity index is 949. The average Bonchev–Trinajstić information content (AvgIpc) is 2.76. The summed E-state index contributed by atoms with van der Waals surface area (Å²) in [6.45, 7) is 6.71. The van der Waals surface area contributed by atoms with Gasteiger partial charge in [0.15, 0.2) is 11.6 Å². The smallest absolute Gasteiger partial charge is 0.246 e. The molecule has 2 aliphatic rings. The van der Waals surface area contributed by atoms with Crippen molar-refractivity contribution in [2.24, 2.45) is 0 Å². The largest absolute Gasteiger partial charge is 0.363 e. The van der Waals surface area contributed by atoms with Gasteiger partial charge in [-0.15, -0.1) is 0 Å². The minimum absolute atomic E-state index is 0.0689. The number of halogens is 1. The van der Waals surface area contributed by atoms with Crippen molar-refractivity contribution in [3.8, 4) is 0 Å². The van der Waals surface area contributed by atoms with Crippen molar-refractivity contribution >= 4 is 23.4 Å². The zero-order valence-electron chi connectivity index (χ0n) is 17.2. The first-order chi connectivity index (χ1) is 14.5. The van der Waals surface area contributed by atoms with Crippen molar-refractivity contribution < 1.29 is 9.18 Å². The Labute approximate surface area is 176 Å². The van der Waals surface area contributed by atoms with E-state index in [9.17, 15) is 9.18 Å². The predicted molar refractivity (Wildman–Crippen MR) is 115 cm³/mol. The van der Waals surface area contributed by atoms with Gasteiger partial charge >= 0.3 is 0 Å². The van der Waals surface area contributed by atoms with E-state index in [1.165, 1.54) is 23.4 Å². The second-order valence-corrected chi connectivity index (χ2v) is 7.96. The molecule has 2 aromatic rings. The number of carbonyl (C=O) groups is 1. The molecular formula is C22H27FN6O. The molecular weight excluding hydrogens is 383 g/mol. The molecule has 0 aliphatic carbocycles. The van der Waals surface area contributed by atoms with Crippen molar-refractivity contribution in [2.45, 2.75) is 31.8 Å². The number of likely N-dealkylation sites (tertiary alicyclic amines) is 1. The average molecular weight is 410 g/mol. The van der Waals surface area contributed by atoms with Gasteiger partial charge in [0.2, 0.25) is 11.9 Å². The lowest BCUT2D eigenvalue weighted by Gasteiger charge is -2.32. The van der Waals surface area contributed by atoms with Crippen LogP contribution in [0.2, 0.25) is 0 Å². The summed E-state index contributed by atoms with van der Waals surface area (Å²) in [7, 11) is 2.12. The molecule has 158 valence electrons. The number of hydrogen-bond donors (Lipinski definition) is 2. The molecule has 1 unspecified atom stereocenters. The van der Waals surface area contributed by atoms with E-state index < -0.39 is 5.82 Å². The molecule has 1 atom stereocenters. The fourth-order valence-electron chi connectivity index (χ4n) is 4.05. The van der Waals surface area contributed by atoms with Crippen LogP contribution in [0.25, 0.3) is 0 Å². The molecule has 3 heterocycles. The Hall–Kier alpha value is -3.00. The van der Waals surface area contributed by atoms with Crippen LogP contribution in [-0.2, 0) is 17.8 Å². The highest BCUT2D eigenvalue weighted by molar-refractivity contribution is 5.87. The van der Waals surface area contributed by atoms with Crippen LogP contribution < -0.4 is 10.6 Å². The molecule has 1 fully saturated rings. The van der Waals surface area contributed by atoms with Gasteiger partial charge in [0.1, 0.15) is 0 Å². The monoisotopic (exact) mass is 410 g/mol. The maximum Gasteiger partial charge on any atom is 0.246 e. The maximum atomic E-state index is 14.3. The van der Waals surface area contributed by atoms with Crippen molar-refractivity contribution in [2.75, 3.05) is 37.3 Å². The summed E-state index contributed by atoms with van der Waals surface area (Å²) >= 11 is 0. The highest BCUT2D eigenvalue weighted by Gasteiger charge is 2.23. The summed E-state index contributed by atoms with van der Waals surface area (Å²) in [5.74, 6) is -0.140. The summed E-state index contributed by atoms with van der Waals surface area (Å²) in [6.07, 6.45) is 5.17. The van der Waals surface area contributed by atoms with E-state index in [0.29, 0.717) is 19.0 Å². The Morgan fingerprint density at radius 1 is 1.33 bits per heavy atom. The first kappa shape index (κ1) is 20.3. The Morgan fingerprint density at radius 3 is 3.03 bits per heavy atom. The summed E-state index contributed by atoms with van der Waals surface area (Å²) < 4.78 is 14.3. The third kappa shape index (κ3) is 4.59. The second kappa shape index (κ2) is 8.79. The number of nitrogens with one attached hydrogen (secondary N) is 2. The molecule has 8 heteroatoms. The maximum absolute atomic E-state index is 14.3. The fraction of sp³-hybridized carbons (Fsp3) is 0.409. The van der Waals surface area contributed by atoms with E-state index in [2.05, 4.69) is 51.3 Å². The number of carbonyl (C=O) groups excluding carboxylic acids is 1. The lowest BCUT2D eigenvalue weighted by atomic mass is 9.99. The van der Waals surface area contributed by atoms with E-state index in [0.717, 1.165) is 38.0 Å². The number of hydrogen-bond acceptors (Lipinski definition) is 6. The molecule has 0 bridgehead atoms. The molecule has 2 aliphatic heterocycles. The van der Waals surface area contributed by atoms with E-state index >= 15 is 0 Å². The van der Waals surface area contributed by atoms with Gasteiger partial charge in [-0.1, -0.05) is 12.6 Å². The highest BCUT2D eigenvalue weighted by atomic mass is 19.1. The SMILES string of the molecule is C=CC(=O)N1CCCC(Nc2nc(Nc3ccc4c(c3)CCN(C)C4)ncc2F)C1. The molecule has 1 aromatic carbocycles. The minimum Gasteiger partial charge on any atom is -0.363 e. The number of amides is 1. The molecule has 0 radical (unpaired) electrons. The first-order valence-corrected chi connectivity index (χ1v) is 10.3. The lowest BCUT2D eigenvalue weighted by molar-refractivity contribution is -0.127. The van der Waals surface area contributed by atoms with E-state index in [4.69, 9.17) is 0 Å². The standard InChI is InChI=1S/C22H27FN6O/c1-3-20(30)29-9-4-5-18(14-29)25-21-19(23)12-24-22(27-21)26-17-7-6-16-13-28(2)10-8-15(16)11-17/h3,6-7,11-12,18H,1,4-5,8-10,13-14H2,2H3,(H2,24,25,26,27). The number of aromatic nitrogens is 2. The molecule has 1 saturated heterocycles. The van der Waals surface area contributed by atoms with E-state index in [-0.39, 0.29) is 17.8 Å². The van der Waals surface area contributed by atoms with Gasteiger partial charge in [0.25, 0.3) is 0 Å². The third-order valence-corrected chi connectivity index (χ3v) is 5.66. The molecule has 0 saturated carbocycles. The summed E-state index contributed by atoms with van der Waals surface area (Å²) in [5, 5.41) is 6.33. The van der Waals surface area contributed by atoms with Crippen LogP contribution in [0, 0.1) is 5.82 Å². The van der Waals surface area contributed by atoms with Gasteiger partial charge < -0.3 is 20.4 Å². The van der Waals surface area contributed by atoms with Gasteiger partial charge in [-0.05, 0) is 55.6 Å². The molecule has 7 nitrogen and oxygen atoms in total. The Morgan fingerprint density at radius 2 is 2.20 bits per heavy atom. The molecule has 0 spiro atoms. The molecule has 1 aromatic heterocycles. The van der Waals surface area contributed by atoms with Gasteiger partial charge in [0.05, 0.1) is 6.20 Å². The zero-order chi connectivity index (χ0) is 21.1.